The molecule has 66 valence electrons. The summed E-state index contributed by atoms with van der Waals surface area (Å²) in [5.74, 6) is -0.796. The number of aliphatic hydroxyl groups excluding tert-OH is 3. The molecule has 1 unspecified atom stereocenters. The minimum absolute atomic E-state index is 0.538. The van der Waals surface area contributed by atoms with E-state index in [1.54, 1.807) is 0 Å². The van der Waals surface area contributed by atoms with Crippen molar-refractivity contribution in [2.75, 3.05) is 6.61 Å². The van der Waals surface area contributed by atoms with Gasteiger partial charge in [0.25, 0.3) is 0 Å². The smallest absolute Gasteiger partial charge is 0.193 e. The van der Waals surface area contributed by atoms with Crippen molar-refractivity contribution in [3.05, 3.63) is 0 Å². The van der Waals surface area contributed by atoms with E-state index >= 15 is 0 Å². The highest BCUT2D eigenvalue weighted by Gasteiger charge is 2.25. The molecule has 0 aliphatic rings. The van der Waals surface area contributed by atoms with Gasteiger partial charge in [-0.3, -0.25) is 4.79 Å². The lowest BCUT2D eigenvalue weighted by molar-refractivity contribution is -0.137. The second-order valence-corrected chi connectivity index (χ2v) is 3.10. The first kappa shape index (κ1) is 10.9. The summed E-state index contributed by atoms with van der Waals surface area (Å²) < 4.78 is 0. The SMILES string of the molecule is CC(S)[C@@H](O)C(=O)[C@@H](O)CO. The van der Waals surface area contributed by atoms with Crippen LogP contribution in [-0.2, 0) is 4.79 Å². The molecule has 0 radical (unpaired) electrons. The molecule has 0 spiro atoms. The van der Waals surface area contributed by atoms with Crippen LogP contribution in [0.1, 0.15) is 6.92 Å². The van der Waals surface area contributed by atoms with Gasteiger partial charge in [-0.2, -0.15) is 12.6 Å². The van der Waals surface area contributed by atoms with Crippen LogP contribution in [-0.4, -0.2) is 45.2 Å². The summed E-state index contributed by atoms with van der Waals surface area (Å²) in [5, 5.41) is 25.5. The van der Waals surface area contributed by atoms with Crippen LogP contribution < -0.4 is 0 Å². The molecule has 0 aliphatic heterocycles. The van der Waals surface area contributed by atoms with E-state index in [1.165, 1.54) is 6.92 Å². The van der Waals surface area contributed by atoms with Gasteiger partial charge in [0.15, 0.2) is 5.78 Å². The fraction of sp³-hybridized carbons (Fsp3) is 0.833. The van der Waals surface area contributed by atoms with Crippen molar-refractivity contribution in [3.63, 3.8) is 0 Å². The normalized spacial score (nSPS) is 19.0. The van der Waals surface area contributed by atoms with Gasteiger partial charge in [-0.25, -0.2) is 0 Å². The summed E-state index contributed by atoms with van der Waals surface area (Å²) in [4.78, 5) is 10.8. The van der Waals surface area contributed by atoms with Crippen LogP contribution >= 0.6 is 12.6 Å². The first-order chi connectivity index (χ1) is 5.00. The molecular weight excluding hydrogens is 168 g/mol. The molecule has 11 heavy (non-hydrogen) atoms. The van der Waals surface area contributed by atoms with Gasteiger partial charge in [0.1, 0.15) is 12.2 Å². The number of hydrogen-bond acceptors (Lipinski definition) is 5. The predicted octanol–water partition coefficient (Wildman–Crippen LogP) is -1.41. The molecule has 0 aromatic rings. The lowest BCUT2D eigenvalue weighted by Gasteiger charge is -2.14. The first-order valence-electron chi connectivity index (χ1n) is 3.19. The van der Waals surface area contributed by atoms with Crippen LogP contribution in [0.4, 0.5) is 0 Å². The Morgan fingerprint density at radius 1 is 1.55 bits per heavy atom. The Labute approximate surface area is 70.3 Å². The minimum atomic E-state index is -1.50. The molecule has 3 N–H and O–H groups in total. The second-order valence-electron chi connectivity index (χ2n) is 2.29. The average molecular weight is 180 g/mol. The van der Waals surface area contributed by atoms with E-state index in [0.29, 0.717) is 0 Å². The molecule has 0 rings (SSSR count). The Morgan fingerprint density at radius 3 is 2.27 bits per heavy atom. The maximum atomic E-state index is 10.8. The molecule has 0 bridgehead atoms. The van der Waals surface area contributed by atoms with Gasteiger partial charge >= 0.3 is 0 Å². The Hall–Kier alpha value is -0.100. The van der Waals surface area contributed by atoms with E-state index in [0.717, 1.165) is 0 Å². The van der Waals surface area contributed by atoms with E-state index < -0.39 is 29.8 Å². The number of carbonyl (C=O) groups excluding carboxylic acids is 1. The fourth-order valence-corrected chi connectivity index (χ4v) is 0.672. The van der Waals surface area contributed by atoms with Gasteiger partial charge in [0, 0.05) is 5.25 Å². The van der Waals surface area contributed by atoms with E-state index in [9.17, 15) is 4.79 Å². The zero-order valence-corrected chi connectivity index (χ0v) is 7.03. The molecule has 0 aromatic carbocycles. The summed E-state index contributed by atoms with van der Waals surface area (Å²) in [5.41, 5.74) is 0. The van der Waals surface area contributed by atoms with E-state index in [1.807, 2.05) is 0 Å². The summed E-state index contributed by atoms with van der Waals surface area (Å²) in [6.45, 7) is 0.853. The van der Waals surface area contributed by atoms with Crippen LogP contribution in [0.3, 0.4) is 0 Å². The molecule has 0 aromatic heterocycles. The molecule has 0 amide bonds. The van der Waals surface area contributed by atoms with Gasteiger partial charge < -0.3 is 15.3 Å². The van der Waals surface area contributed by atoms with E-state index in [4.69, 9.17) is 15.3 Å². The van der Waals surface area contributed by atoms with Crippen molar-refractivity contribution in [1.82, 2.24) is 0 Å². The molecule has 0 heterocycles. The van der Waals surface area contributed by atoms with Gasteiger partial charge in [0.05, 0.1) is 6.61 Å². The van der Waals surface area contributed by atoms with Gasteiger partial charge in [-0.15, -0.1) is 0 Å². The summed E-state index contributed by atoms with van der Waals surface area (Å²) >= 11 is 3.80. The largest absolute Gasteiger partial charge is 0.393 e. The molecule has 0 saturated heterocycles. The van der Waals surface area contributed by atoms with Crippen LogP contribution in [0.2, 0.25) is 0 Å². The predicted molar refractivity (Wildman–Crippen MR) is 42.6 cm³/mol. The Bertz CT molecular complexity index is 137. The number of carbonyl (C=O) groups is 1. The van der Waals surface area contributed by atoms with Gasteiger partial charge in [-0.1, -0.05) is 6.92 Å². The lowest BCUT2D eigenvalue weighted by Crippen LogP contribution is -2.38. The lowest BCUT2D eigenvalue weighted by atomic mass is 10.1. The zero-order chi connectivity index (χ0) is 9.02. The molecular formula is C6H12O4S. The number of hydrogen-bond donors (Lipinski definition) is 4. The third kappa shape index (κ3) is 3.20. The van der Waals surface area contributed by atoms with Crippen molar-refractivity contribution in [1.29, 1.82) is 0 Å². The summed E-state index contributed by atoms with van der Waals surface area (Å²) in [7, 11) is 0. The van der Waals surface area contributed by atoms with Crippen LogP contribution in [0, 0.1) is 0 Å². The Morgan fingerprint density at radius 2 is 2.00 bits per heavy atom. The maximum Gasteiger partial charge on any atom is 0.193 e. The highest BCUT2D eigenvalue weighted by atomic mass is 32.1. The van der Waals surface area contributed by atoms with Crippen LogP contribution in [0.25, 0.3) is 0 Å². The molecule has 0 saturated carbocycles. The van der Waals surface area contributed by atoms with E-state index in [2.05, 4.69) is 12.6 Å². The molecule has 4 nitrogen and oxygen atoms in total. The highest BCUT2D eigenvalue weighted by molar-refractivity contribution is 7.81. The quantitative estimate of drug-likeness (QED) is 0.401. The van der Waals surface area contributed by atoms with Gasteiger partial charge in [0.2, 0.25) is 0 Å². The molecule has 3 atom stereocenters. The third-order valence-electron chi connectivity index (χ3n) is 1.25. The molecule has 0 fully saturated rings. The first-order valence-corrected chi connectivity index (χ1v) is 3.71. The third-order valence-corrected chi connectivity index (χ3v) is 1.53. The van der Waals surface area contributed by atoms with Crippen LogP contribution in [0.5, 0.6) is 0 Å². The number of ketones is 1. The van der Waals surface area contributed by atoms with E-state index in [-0.39, 0.29) is 0 Å². The van der Waals surface area contributed by atoms with Gasteiger partial charge in [-0.05, 0) is 0 Å². The standard InChI is InChI=1S/C6H12O4S/c1-3(11)5(9)6(10)4(8)2-7/h3-5,7-9,11H,2H2,1H3/t3?,4-,5+/m0/s1. The van der Waals surface area contributed by atoms with Crippen molar-refractivity contribution in [2.45, 2.75) is 24.4 Å². The highest BCUT2D eigenvalue weighted by Crippen LogP contribution is 2.03. The molecule has 0 aliphatic carbocycles. The summed E-state index contributed by atoms with van der Waals surface area (Å²) in [6.07, 6.45) is -2.82. The zero-order valence-electron chi connectivity index (χ0n) is 6.14. The molecule has 5 heteroatoms. The summed E-state index contributed by atoms with van der Waals surface area (Å²) in [6, 6.07) is 0. The van der Waals surface area contributed by atoms with Crippen molar-refractivity contribution in [3.8, 4) is 0 Å². The number of thiol groups is 1. The number of rotatable bonds is 4. The minimum Gasteiger partial charge on any atom is -0.393 e. The maximum absolute atomic E-state index is 10.8. The second kappa shape index (κ2) is 4.71. The number of aliphatic hydroxyl groups is 3. The monoisotopic (exact) mass is 180 g/mol. The Balaban J connectivity index is 4.02. The fourth-order valence-electron chi connectivity index (χ4n) is 0.525. The van der Waals surface area contributed by atoms with Crippen LogP contribution in [0.15, 0.2) is 0 Å². The van der Waals surface area contributed by atoms with Crippen molar-refractivity contribution < 1.29 is 20.1 Å². The average Bonchev–Trinajstić information content (AvgIpc) is 2.00. The number of Topliss-reactive ketones (excluding diaryl/α,β-unsaturated/α-hetero) is 1. The van der Waals surface area contributed by atoms with Crippen molar-refractivity contribution >= 4 is 18.4 Å². The topological polar surface area (TPSA) is 77.8 Å². The Kier molecular flexibility index (Phi) is 4.67. The van der Waals surface area contributed by atoms with Crippen molar-refractivity contribution in [2.24, 2.45) is 0 Å².